The van der Waals surface area contributed by atoms with Crippen molar-refractivity contribution in [1.82, 2.24) is 9.97 Å². The number of rotatable bonds is 8. The normalized spacial score (nSPS) is 10.8. The third-order valence-corrected chi connectivity index (χ3v) is 4.80. The topological polar surface area (TPSA) is 25.8 Å². The Bertz CT molecular complexity index is 738. The van der Waals surface area contributed by atoms with Gasteiger partial charge < -0.3 is 0 Å². The maximum Gasteiger partial charge on any atom is 0.116 e. The molecule has 26 heavy (non-hydrogen) atoms. The number of aromatic nitrogens is 2. The van der Waals surface area contributed by atoms with E-state index in [9.17, 15) is 0 Å². The zero-order valence-electron chi connectivity index (χ0n) is 15.9. The van der Waals surface area contributed by atoms with Crippen molar-refractivity contribution in [3.63, 3.8) is 0 Å². The average molecular weight is 345 g/mol. The largest absolute Gasteiger partial charge is 0.236 e. The molecule has 0 aliphatic rings. The van der Waals surface area contributed by atoms with E-state index in [0.717, 1.165) is 35.4 Å². The van der Waals surface area contributed by atoms with Crippen molar-refractivity contribution in [2.24, 2.45) is 0 Å². The Morgan fingerprint density at radius 2 is 1.04 bits per heavy atom. The van der Waals surface area contributed by atoms with E-state index in [4.69, 9.17) is 0 Å². The molecule has 3 aromatic rings. The van der Waals surface area contributed by atoms with Crippen LogP contribution in [-0.2, 0) is 12.8 Å². The monoisotopic (exact) mass is 344 g/mol. The first-order chi connectivity index (χ1) is 12.8. The molecule has 2 heteroatoms. The maximum absolute atomic E-state index is 4.47. The van der Waals surface area contributed by atoms with E-state index in [2.05, 4.69) is 78.4 Å². The molecule has 0 saturated heterocycles. The van der Waals surface area contributed by atoms with Crippen LogP contribution in [0.15, 0.2) is 60.9 Å². The van der Waals surface area contributed by atoms with Crippen LogP contribution in [0.1, 0.15) is 50.7 Å². The van der Waals surface area contributed by atoms with Gasteiger partial charge in [0.1, 0.15) is 6.33 Å². The second kappa shape index (κ2) is 9.28. The summed E-state index contributed by atoms with van der Waals surface area (Å²) in [6, 6.07) is 19.6. The molecule has 0 bridgehead atoms. The summed E-state index contributed by atoms with van der Waals surface area (Å²) in [4.78, 5) is 8.95. The molecule has 0 saturated carbocycles. The van der Waals surface area contributed by atoms with E-state index in [-0.39, 0.29) is 0 Å². The molecule has 3 rings (SSSR count). The standard InChI is InChI=1S/C24H28N2/c1-3-5-7-19-9-13-21(14-10-19)23-17-24(26-18-25-23)22-15-11-20(12-16-22)8-6-4-2/h9-18H,3-8H2,1-2H3. The lowest BCUT2D eigenvalue weighted by Gasteiger charge is -2.07. The molecule has 0 aliphatic heterocycles. The second-order valence-electron chi connectivity index (χ2n) is 6.89. The van der Waals surface area contributed by atoms with Gasteiger partial charge in [-0.25, -0.2) is 9.97 Å². The van der Waals surface area contributed by atoms with Gasteiger partial charge in [-0.05, 0) is 42.9 Å². The quantitative estimate of drug-likeness (QED) is 0.466. The number of hydrogen-bond donors (Lipinski definition) is 0. The molecule has 0 N–H and O–H groups in total. The lowest BCUT2D eigenvalue weighted by Crippen LogP contribution is -1.91. The van der Waals surface area contributed by atoms with Crippen LogP contribution in [0.3, 0.4) is 0 Å². The molecule has 0 aliphatic carbocycles. The predicted molar refractivity (Wildman–Crippen MR) is 110 cm³/mol. The highest BCUT2D eigenvalue weighted by Gasteiger charge is 2.05. The molecule has 134 valence electrons. The molecule has 0 atom stereocenters. The fraction of sp³-hybridized carbons (Fsp3) is 0.333. The first kappa shape index (κ1) is 18.3. The van der Waals surface area contributed by atoms with Crippen LogP contribution in [0.4, 0.5) is 0 Å². The predicted octanol–water partition coefficient (Wildman–Crippen LogP) is 6.50. The van der Waals surface area contributed by atoms with Crippen molar-refractivity contribution in [2.75, 3.05) is 0 Å². The molecule has 2 aromatic carbocycles. The van der Waals surface area contributed by atoms with E-state index < -0.39 is 0 Å². The summed E-state index contributed by atoms with van der Waals surface area (Å²) < 4.78 is 0. The van der Waals surface area contributed by atoms with Crippen LogP contribution < -0.4 is 0 Å². The lowest BCUT2D eigenvalue weighted by atomic mass is 10.0. The number of unbranched alkanes of at least 4 members (excludes halogenated alkanes) is 2. The van der Waals surface area contributed by atoms with Gasteiger partial charge in [0, 0.05) is 11.1 Å². The first-order valence-electron chi connectivity index (χ1n) is 9.81. The zero-order valence-corrected chi connectivity index (χ0v) is 15.9. The highest BCUT2D eigenvalue weighted by Crippen LogP contribution is 2.24. The van der Waals surface area contributed by atoms with Crippen molar-refractivity contribution in [3.8, 4) is 22.5 Å². The smallest absolute Gasteiger partial charge is 0.116 e. The minimum atomic E-state index is 0.979. The number of nitrogens with zero attached hydrogens (tertiary/aromatic N) is 2. The summed E-state index contributed by atoms with van der Waals surface area (Å²) in [5.41, 5.74) is 7.04. The zero-order chi connectivity index (χ0) is 18.2. The fourth-order valence-electron chi connectivity index (χ4n) is 3.12. The van der Waals surface area contributed by atoms with Gasteiger partial charge in [0.05, 0.1) is 11.4 Å². The molecule has 2 nitrogen and oxygen atoms in total. The van der Waals surface area contributed by atoms with Gasteiger partial charge in [0.15, 0.2) is 0 Å². The van der Waals surface area contributed by atoms with E-state index in [1.54, 1.807) is 6.33 Å². The SMILES string of the molecule is CCCCc1ccc(-c2cc(-c3ccc(CCCC)cc3)ncn2)cc1. The van der Waals surface area contributed by atoms with Gasteiger partial charge >= 0.3 is 0 Å². The fourth-order valence-corrected chi connectivity index (χ4v) is 3.12. The molecule has 1 aromatic heterocycles. The van der Waals surface area contributed by atoms with Gasteiger partial charge in [0.2, 0.25) is 0 Å². The van der Waals surface area contributed by atoms with E-state index in [1.807, 2.05) is 0 Å². The van der Waals surface area contributed by atoms with Crippen LogP contribution in [0.5, 0.6) is 0 Å². The maximum atomic E-state index is 4.47. The molecule has 0 radical (unpaired) electrons. The van der Waals surface area contributed by atoms with Crippen LogP contribution >= 0.6 is 0 Å². The van der Waals surface area contributed by atoms with Gasteiger partial charge in [-0.3, -0.25) is 0 Å². The van der Waals surface area contributed by atoms with Crippen LogP contribution in [0.2, 0.25) is 0 Å². The summed E-state index contributed by atoms with van der Waals surface area (Å²) in [5.74, 6) is 0. The van der Waals surface area contributed by atoms with Crippen molar-refractivity contribution in [2.45, 2.75) is 52.4 Å². The Morgan fingerprint density at radius 3 is 1.42 bits per heavy atom. The van der Waals surface area contributed by atoms with Crippen molar-refractivity contribution in [3.05, 3.63) is 72.1 Å². The Kier molecular flexibility index (Phi) is 6.54. The molecular formula is C24H28N2. The third kappa shape index (κ3) is 4.78. The van der Waals surface area contributed by atoms with Gasteiger partial charge in [-0.2, -0.15) is 0 Å². The van der Waals surface area contributed by atoms with Crippen LogP contribution in [0, 0.1) is 0 Å². The van der Waals surface area contributed by atoms with Crippen molar-refractivity contribution in [1.29, 1.82) is 0 Å². The van der Waals surface area contributed by atoms with Crippen LogP contribution in [0.25, 0.3) is 22.5 Å². The highest BCUT2D eigenvalue weighted by molar-refractivity contribution is 5.67. The molecule has 0 amide bonds. The van der Waals surface area contributed by atoms with E-state index in [0.29, 0.717) is 0 Å². The van der Waals surface area contributed by atoms with Crippen molar-refractivity contribution >= 4 is 0 Å². The van der Waals surface area contributed by atoms with Crippen LogP contribution in [-0.4, -0.2) is 9.97 Å². The Hall–Kier alpha value is -2.48. The number of benzene rings is 2. The first-order valence-corrected chi connectivity index (χ1v) is 9.81. The number of aryl methyl sites for hydroxylation is 2. The van der Waals surface area contributed by atoms with Crippen molar-refractivity contribution < 1.29 is 0 Å². The molecule has 0 spiro atoms. The second-order valence-corrected chi connectivity index (χ2v) is 6.89. The molecule has 1 heterocycles. The Balaban J connectivity index is 1.77. The minimum absolute atomic E-state index is 0.979. The molecule has 0 fully saturated rings. The van der Waals surface area contributed by atoms with Gasteiger partial charge in [0.25, 0.3) is 0 Å². The van der Waals surface area contributed by atoms with E-state index >= 15 is 0 Å². The Labute approximate surface area is 157 Å². The lowest BCUT2D eigenvalue weighted by molar-refractivity contribution is 0.795. The number of hydrogen-bond acceptors (Lipinski definition) is 2. The summed E-state index contributed by atoms with van der Waals surface area (Å²) in [6.45, 7) is 4.46. The average Bonchev–Trinajstić information content (AvgIpc) is 2.71. The van der Waals surface area contributed by atoms with E-state index in [1.165, 1.54) is 36.8 Å². The summed E-state index contributed by atoms with van der Waals surface area (Å²) in [7, 11) is 0. The third-order valence-electron chi connectivity index (χ3n) is 4.80. The van der Waals surface area contributed by atoms with Gasteiger partial charge in [-0.1, -0.05) is 75.2 Å². The summed E-state index contributed by atoms with van der Waals surface area (Å²) in [5, 5.41) is 0. The highest BCUT2D eigenvalue weighted by atomic mass is 14.8. The van der Waals surface area contributed by atoms with Gasteiger partial charge in [-0.15, -0.1) is 0 Å². The molecular weight excluding hydrogens is 316 g/mol. The summed E-state index contributed by atoms with van der Waals surface area (Å²) in [6.07, 6.45) is 8.91. The minimum Gasteiger partial charge on any atom is -0.236 e. The Morgan fingerprint density at radius 1 is 0.615 bits per heavy atom. The molecule has 0 unspecified atom stereocenters. The summed E-state index contributed by atoms with van der Waals surface area (Å²) >= 11 is 0.